The maximum absolute atomic E-state index is 10.2. The second kappa shape index (κ2) is 5.35. The number of halogens is 2. The third-order valence-electron chi connectivity index (χ3n) is 2.93. The second-order valence-corrected chi connectivity index (χ2v) is 5.42. The van der Waals surface area contributed by atoms with Gasteiger partial charge in [-0.25, -0.2) is 0 Å². The average Bonchev–Trinajstić information content (AvgIpc) is 2.29. The Bertz CT molecular complexity index is 414. The van der Waals surface area contributed by atoms with Crippen molar-refractivity contribution >= 4 is 27.5 Å². The number of allylic oxidation sites excluding steroid dienone is 1. The van der Waals surface area contributed by atoms with Crippen molar-refractivity contribution in [2.24, 2.45) is 0 Å². The molecule has 3 heteroatoms. The number of hydrogen-bond acceptors (Lipinski definition) is 1. The molecule has 0 heterocycles. The molecule has 0 bridgehead atoms. The van der Waals surface area contributed by atoms with E-state index in [1.54, 1.807) is 0 Å². The average molecular weight is 302 g/mol. The van der Waals surface area contributed by atoms with Gasteiger partial charge < -0.3 is 5.11 Å². The van der Waals surface area contributed by atoms with Crippen molar-refractivity contribution < 1.29 is 5.11 Å². The Hall–Kier alpha value is -0.310. The predicted molar refractivity (Wildman–Crippen MR) is 70.7 cm³/mol. The quantitative estimate of drug-likeness (QED) is 0.789. The van der Waals surface area contributed by atoms with Crippen molar-refractivity contribution in [1.82, 2.24) is 0 Å². The van der Waals surface area contributed by atoms with E-state index in [0.29, 0.717) is 5.02 Å². The minimum atomic E-state index is -0.541. The molecule has 1 aromatic carbocycles. The molecule has 0 radical (unpaired) electrons. The molecule has 0 spiro atoms. The molecule has 86 valence electrons. The number of rotatable bonds is 2. The Morgan fingerprint density at radius 3 is 2.75 bits per heavy atom. The lowest BCUT2D eigenvalue weighted by Gasteiger charge is -2.19. The highest BCUT2D eigenvalue weighted by atomic mass is 79.9. The van der Waals surface area contributed by atoms with Gasteiger partial charge in [-0.15, -0.1) is 0 Å². The van der Waals surface area contributed by atoms with Crippen molar-refractivity contribution in [3.05, 3.63) is 44.9 Å². The van der Waals surface area contributed by atoms with Gasteiger partial charge in [0.2, 0.25) is 0 Å². The van der Waals surface area contributed by atoms with Crippen LogP contribution in [0.15, 0.2) is 34.3 Å². The Balaban J connectivity index is 2.26. The van der Waals surface area contributed by atoms with E-state index in [1.807, 2.05) is 18.2 Å². The van der Waals surface area contributed by atoms with Crippen molar-refractivity contribution in [2.75, 3.05) is 0 Å². The second-order valence-electron chi connectivity index (χ2n) is 4.09. The highest BCUT2D eigenvalue weighted by Crippen LogP contribution is 2.34. The maximum atomic E-state index is 10.2. The van der Waals surface area contributed by atoms with Crippen LogP contribution in [-0.2, 0) is 0 Å². The van der Waals surface area contributed by atoms with Crippen LogP contribution in [-0.4, -0.2) is 5.11 Å². The molecule has 0 aliphatic heterocycles. The lowest BCUT2D eigenvalue weighted by molar-refractivity contribution is 0.208. The van der Waals surface area contributed by atoms with E-state index in [2.05, 4.69) is 22.0 Å². The monoisotopic (exact) mass is 300 g/mol. The minimum absolute atomic E-state index is 0.541. The zero-order valence-corrected chi connectivity index (χ0v) is 11.3. The van der Waals surface area contributed by atoms with Crippen LogP contribution in [0, 0.1) is 0 Å². The molecule has 2 rings (SSSR count). The van der Waals surface area contributed by atoms with Gasteiger partial charge in [0.1, 0.15) is 6.10 Å². The van der Waals surface area contributed by atoms with Gasteiger partial charge in [0.05, 0.1) is 0 Å². The van der Waals surface area contributed by atoms with Crippen molar-refractivity contribution in [2.45, 2.75) is 31.8 Å². The number of benzene rings is 1. The first-order valence-corrected chi connectivity index (χ1v) is 6.67. The minimum Gasteiger partial charge on any atom is -0.384 e. The van der Waals surface area contributed by atoms with Crippen LogP contribution in [0.5, 0.6) is 0 Å². The standard InChI is InChI=1S/C13H14BrClO/c14-10-6-7-11(12(15)8-10)13(16)9-4-2-1-3-5-9/h4,6-8,13,16H,1-3,5H2. The molecular formula is C13H14BrClO. The van der Waals surface area contributed by atoms with E-state index in [-0.39, 0.29) is 0 Å². The van der Waals surface area contributed by atoms with E-state index in [9.17, 15) is 5.11 Å². The fourth-order valence-corrected chi connectivity index (χ4v) is 2.81. The van der Waals surface area contributed by atoms with Crippen LogP contribution in [0.4, 0.5) is 0 Å². The van der Waals surface area contributed by atoms with E-state index in [4.69, 9.17) is 11.6 Å². The van der Waals surface area contributed by atoms with E-state index < -0.39 is 6.10 Å². The van der Waals surface area contributed by atoms with Crippen molar-refractivity contribution in [3.8, 4) is 0 Å². The molecule has 1 nitrogen and oxygen atoms in total. The van der Waals surface area contributed by atoms with Crippen LogP contribution in [0.2, 0.25) is 5.02 Å². The largest absolute Gasteiger partial charge is 0.384 e. The summed E-state index contributed by atoms with van der Waals surface area (Å²) in [6.07, 6.45) is 6.04. The Morgan fingerprint density at radius 1 is 1.31 bits per heavy atom. The summed E-state index contributed by atoms with van der Waals surface area (Å²) in [7, 11) is 0. The topological polar surface area (TPSA) is 20.2 Å². The highest BCUT2D eigenvalue weighted by Gasteiger charge is 2.17. The summed E-state index contributed by atoms with van der Waals surface area (Å²) in [4.78, 5) is 0. The number of aliphatic hydroxyl groups excluding tert-OH is 1. The summed E-state index contributed by atoms with van der Waals surface area (Å²) < 4.78 is 0.936. The molecule has 0 fully saturated rings. The summed E-state index contributed by atoms with van der Waals surface area (Å²) in [5.41, 5.74) is 1.91. The van der Waals surface area contributed by atoms with Gasteiger partial charge in [0, 0.05) is 15.1 Å². The smallest absolute Gasteiger partial charge is 0.101 e. The van der Waals surface area contributed by atoms with Crippen LogP contribution < -0.4 is 0 Å². The summed E-state index contributed by atoms with van der Waals surface area (Å²) in [5, 5.41) is 10.9. The molecule has 0 saturated heterocycles. The van der Waals surface area contributed by atoms with Gasteiger partial charge in [-0.3, -0.25) is 0 Å². The maximum Gasteiger partial charge on any atom is 0.101 e. The third-order valence-corrected chi connectivity index (χ3v) is 3.75. The molecule has 0 amide bonds. The molecule has 0 aromatic heterocycles. The first-order chi connectivity index (χ1) is 7.68. The summed E-state index contributed by atoms with van der Waals surface area (Å²) in [6.45, 7) is 0. The SMILES string of the molecule is OC(C1=CCCCC1)c1ccc(Br)cc1Cl. The van der Waals surface area contributed by atoms with Gasteiger partial charge in [-0.05, 0) is 43.4 Å². The van der Waals surface area contributed by atoms with Crippen LogP contribution in [0.1, 0.15) is 37.4 Å². The zero-order chi connectivity index (χ0) is 11.5. The summed E-state index contributed by atoms with van der Waals surface area (Å²) >= 11 is 9.49. The zero-order valence-electron chi connectivity index (χ0n) is 8.92. The molecule has 16 heavy (non-hydrogen) atoms. The summed E-state index contributed by atoms with van der Waals surface area (Å²) in [6, 6.07) is 5.61. The van der Waals surface area contributed by atoms with Crippen LogP contribution in [0.3, 0.4) is 0 Å². The third kappa shape index (κ3) is 2.68. The Labute approximate surface area is 109 Å². The Morgan fingerprint density at radius 2 is 2.12 bits per heavy atom. The van der Waals surface area contributed by atoms with Crippen LogP contribution >= 0.6 is 27.5 Å². The Kier molecular flexibility index (Phi) is 4.06. The molecule has 1 N–H and O–H groups in total. The first-order valence-electron chi connectivity index (χ1n) is 5.50. The molecule has 1 atom stereocenters. The highest BCUT2D eigenvalue weighted by molar-refractivity contribution is 9.10. The molecule has 1 unspecified atom stereocenters. The van der Waals surface area contributed by atoms with Crippen LogP contribution in [0.25, 0.3) is 0 Å². The van der Waals surface area contributed by atoms with E-state index in [0.717, 1.165) is 34.9 Å². The molecular weight excluding hydrogens is 287 g/mol. The normalized spacial score (nSPS) is 18.1. The summed E-state index contributed by atoms with van der Waals surface area (Å²) in [5.74, 6) is 0. The van der Waals surface area contributed by atoms with Gasteiger partial charge >= 0.3 is 0 Å². The first kappa shape index (κ1) is 12.2. The van der Waals surface area contributed by atoms with Crippen molar-refractivity contribution in [3.63, 3.8) is 0 Å². The fourth-order valence-electron chi connectivity index (χ4n) is 2.03. The van der Waals surface area contributed by atoms with Gasteiger partial charge in [0.25, 0.3) is 0 Å². The van der Waals surface area contributed by atoms with E-state index in [1.165, 1.54) is 6.42 Å². The number of aliphatic hydroxyl groups is 1. The molecule has 1 aliphatic rings. The molecule has 0 saturated carbocycles. The fraction of sp³-hybridized carbons (Fsp3) is 0.385. The molecule has 1 aliphatic carbocycles. The van der Waals surface area contributed by atoms with E-state index >= 15 is 0 Å². The lowest BCUT2D eigenvalue weighted by Crippen LogP contribution is -2.05. The van der Waals surface area contributed by atoms with Gasteiger partial charge in [0.15, 0.2) is 0 Å². The van der Waals surface area contributed by atoms with Gasteiger partial charge in [-0.2, -0.15) is 0 Å². The lowest BCUT2D eigenvalue weighted by atomic mass is 9.92. The number of hydrogen-bond donors (Lipinski definition) is 1. The molecule has 1 aromatic rings. The van der Waals surface area contributed by atoms with Gasteiger partial charge in [-0.1, -0.05) is 39.7 Å². The van der Waals surface area contributed by atoms with Crippen molar-refractivity contribution in [1.29, 1.82) is 0 Å². The predicted octanol–water partition coefficient (Wildman–Crippen LogP) is 4.64.